The maximum atomic E-state index is 12.3. The molecule has 0 aromatic rings. The molecule has 2 rings (SSSR count). The molecule has 2 aliphatic carbocycles. The molecule has 2 aliphatic rings. The minimum Gasteiger partial charge on any atom is -0.444 e. The van der Waals surface area contributed by atoms with Gasteiger partial charge in [-0.3, -0.25) is 4.79 Å². The van der Waals surface area contributed by atoms with Crippen molar-refractivity contribution >= 4 is 12.0 Å². The molecule has 0 bridgehead atoms. The summed E-state index contributed by atoms with van der Waals surface area (Å²) in [6.45, 7) is 6.10. The van der Waals surface area contributed by atoms with E-state index < -0.39 is 17.2 Å². The minimum atomic E-state index is -0.533. The molecule has 2 amide bonds. The number of alkyl carbamates (subject to hydrolysis) is 1. The summed E-state index contributed by atoms with van der Waals surface area (Å²) >= 11 is 0. The molecule has 0 atom stereocenters. The third-order valence-electron chi connectivity index (χ3n) is 5.20. The lowest BCUT2D eigenvalue weighted by atomic mass is 9.90. The van der Waals surface area contributed by atoms with Crippen molar-refractivity contribution < 1.29 is 19.1 Å². The lowest BCUT2D eigenvalue weighted by molar-refractivity contribution is -0.128. The van der Waals surface area contributed by atoms with Gasteiger partial charge in [-0.05, 0) is 46.5 Å². The fraction of sp³-hybridized carbons (Fsp3) is 0.900. The molecule has 0 heterocycles. The van der Waals surface area contributed by atoms with Crippen molar-refractivity contribution in [3.63, 3.8) is 0 Å². The minimum absolute atomic E-state index is 0.104. The van der Waals surface area contributed by atoms with Crippen LogP contribution in [0, 0.1) is 0 Å². The average molecular weight is 369 g/mol. The van der Waals surface area contributed by atoms with Crippen LogP contribution in [0.3, 0.4) is 0 Å². The van der Waals surface area contributed by atoms with Crippen molar-refractivity contribution in [1.82, 2.24) is 10.6 Å². The van der Waals surface area contributed by atoms with Gasteiger partial charge in [0.15, 0.2) is 0 Å². The summed E-state index contributed by atoms with van der Waals surface area (Å²) in [5.74, 6) is -0.105. The highest BCUT2D eigenvalue weighted by Gasteiger charge is 2.34. The highest BCUT2D eigenvalue weighted by atomic mass is 16.6. The highest BCUT2D eigenvalue weighted by molar-refractivity contribution is 5.77. The molecule has 0 unspecified atom stereocenters. The first-order chi connectivity index (χ1) is 12.3. The summed E-state index contributed by atoms with van der Waals surface area (Å²) in [6.07, 6.45) is 10.4. The summed E-state index contributed by atoms with van der Waals surface area (Å²) in [6, 6.07) is 0. The Hall–Kier alpha value is -1.30. The van der Waals surface area contributed by atoms with Crippen LogP contribution >= 0.6 is 0 Å². The first-order valence-electron chi connectivity index (χ1n) is 10.2. The second-order valence-corrected chi connectivity index (χ2v) is 8.82. The van der Waals surface area contributed by atoms with E-state index in [-0.39, 0.29) is 18.6 Å². The topological polar surface area (TPSA) is 76.7 Å². The lowest BCUT2D eigenvalue weighted by Crippen LogP contribution is -2.56. The summed E-state index contributed by atoms with van der Waals surface area (Å²) in [5.41, 5.74) is -0.962. The normalized spacial score (nSPS) is 21.0. The van der Waals surface area contributed by atoms with Crippen LogP contribution in [0.25, 0.3) is 0 Å². The number of rotatable bonds is 6. The van der Waals surface area contributed by atoms with E-state index in [0.717, 1.165) is 51.4 Å². The van der Waals surface area contributed by atoms with E-state index in [2.05, 4.69) is 10.6 Å². The van der Waals surface area contributed by atoms with E-state index in [0.29, 0.717) is 6.54 Å². The molecule has 0 saturated heterocycles. The van der Waals surface area contributed by atoms with E-state index in [4.69, 9.17) is 9.47 Å². The summed E-state index contributed by atoms with van der Waals surface area (Å²) in [7, 11) is 0. The van der Waals surface area contributed by atoms with Gasteiger partial charge in [-0.25, -0.2) is 4.79 Å². The summed E-state index contributed by atoms with van der Waals surface area (Å²) < 4.78 is 11.1. The third kappa shape index (κ3) is 7.52. The second-order valence-electron chi connectivity index (χ2n) is 8.82. The highest BCUT2D eigenvalue weighted by Crippen LogP contribution is 2.27. The van der Waals surface area contributed by atoms with E-state index in [9.17, 15) is 9.59 Å². The molecule has 6 nitrogen and oxygen atoms in total. The number of carbonyl (C=O) groups is 2. The van der Waals surface area contributed by atoms with Gasteiger partial charge in [0.05, 0.1) is 11.6 Å². The first kappa shape index (κ1) is 21.0. The van der Waals surface area contributed by atoms with Gasteiger partial charge in [0.2, 0.25) is 5.91 Å². The molecule has 2 N–H and O–H groups in total. The molecule has 0 radical (unpaired) electrons. The van der Waals surface area contributed by atoms with Crippen LogP contribution in [0.15, 0.2) is 0 Å². The average Bonchev–Trinajstić information content (AvgIpc) is 2.96. The van der Waals surface area contributed by atoms with Crippen molar-refractivity contribution in [2.24, 2.45) is 0 Å². The van der Waals surface area contributed by atoms with Gasteiger partial charge < -0.3 is 20.1 Å². The zero-order chi connectivity index (χ0) is 19.0. The van der Waals surface area contributed by atoms with Crippen molar-refractivity contribution in [3.05, 3.63) is 0 Å². The first-order valence-corrected chi connectivity index (χ1v) is 10.2. The Kier molecular flexibility index (Phi) is 7.74. The number of amides is 2. The molecule has 26 heavy (non-hydrogen) atoms. The van der Waals surface area contributed by atoms with Gasteiger partial charge in [-0.1, -0.05) is 38.5 Å². The van der Waals surface area contributed by atoms with Crippen LogP contribution in [0.4, 0.5) is 4.79 Å². The standard InChI is InChI=1S/C20H36N2O4/c1-19(2,3)26-18(24)22-20(12-8-4-5-9-13-20)15-21-17(23)14-25-16-10-6-7-11-16/h16H,4-15H2,1-3H3,(H,21,23)(H,22,24). The zero-order valence-electron chi connectivity index (χ0n) is 16.7. The second kappa shape index (κ2) is 9.58. The molecule has 0 aromatic heterocycles. The third-order valence-corrected chi connectivity index (χ3v) is 5.20. The zero-order valence-corrected chi connectivity index (χ0v) is 16.7. The van der Waals surface area contributed by atoms with Crippen molar-refractivity contribution in [1.29, 1.82) is 0 Å². The van der Waals surface area contributed by atoms with Gasteiger partial charge in [-0.15, -0.1) is 0 Å². The van der Waals surface area contributed by atoms with Gasteiger partial charge in [0, 0.05) is 6.54 Å². The van der Waals surface area contributed by atoms with E-state index in [1.54, 1.807) is 0 Å². The largest absolute Gasteiger partial charge is 0.444 e. The van der Waals surface area contributed by atoms with Gasteiger partial charge >= 0.3 is 6.09 Å². The number of carbonyl (C=O) groups excluding carboxylic acids is 2. The molecule has 150 valence electrons. The summed E-state index contributed by atoms with van der Waals surface area (Å²) in [4.78, 5) is 24.5. The van der Waals surface area contributed by atoms with E-state index >= 15 is 0 Å². The maximum Gasteiger partial charge on any atom is 0.408 e. The number of hydrogen-bond donors (Lipinski definition) is 2. The van der Waals surface area contributed by atoms with Gasteiger partial charge in [0.25, 0.3) is 0 Å². The Morgan fingerprint density at radius 2 is 1.62 bits per heavy atom. The predicted octanol–water partition coefficient (Wildman–Crippen LogP) is 3.68. The predicted molar refractivity (Wildman–Crippen MR) is 101 cm³/mol. The SMILES string of the molecule is CC(C)(C)OC(=O)NC1(CNC(=O)COC2CCCC2)CCCCCC1. The lowest BCUT2D eigenvalue weighted by Gasteiger charge is -2.35. The van der Waals surface area contributed by atoms with Crippen LogP contribution < -0.4 is 10.6 Å². The van der Waals surface area contributed by atoms with Crippen LogP contribution in [-0.2, 0) is 14.3 Å². The Morgan fingerprint density at radius 1 is 1.00 bits per heavy atom. The molecule has 6 heteroatoms. The molecule has 0 spiro atoms. The van der Waals surface area contributed by atoms with Crippen molar-refractivity contribution in [3.8, 4) is 0 Å². The van der Waals surface area contributed by atoms with Crippen molar-refractivity contribution in [2.75, 3.05) is 13.2 Å². The number of ether oxygens (including phenoxy) is 2. The Bertz CT molecular complexity index is 459. The van der Waals surface area contributed by atoms with E-state index in [1.807, 2.05) is 20.8 Å². The van der Waals surface area contributed by atoms with Crippen LogP contribution in [0.2, 0.25) is 0 Å². The summed E-state index contributed by atoms with van der Waals surface area (Å²) in [5, 5.41) is 6.04. The molecular formula is C20H36N2O4. The monoisotopic (exact) mass is 368 g/mol. The number of hydrogen-bond acceptors (Lipinski definition) is 4. The Balaban J connectivity index is 1.86. The smallest absolute Gasteiger partial charge is 0.408 e. The quantitative estimate of drug-likeness (QED) is 0.701. The molecular weight excluding hydrogens is 332 g/mol. The van der Waals surface area contributed by atoms with Crippen molar-refractivity contribution in [2.45, 2.75) is 102 Å². The Labute approximate surface area is 157 Å². The van der Waals surface area contributed by atoms with Crippen LogP contribution in [0.5, 0.6) is 0 Å². The van der Waals surface area contributed by atoms with Gasteiger partial charge in [-0.2, -0.15) is 0 Å². The molecule has 2 saturated carbocycles. The molecule has 2 fully saturated rings. The van der Waals surface area contributed by atoms with Crippen LogP contribution in [-0.4, -0.2) is 42.4 Å². The molecule has 0 aromatic carbocycles. The molecule has 0 aliphatic heterocycles. The van der Waals surface area contributed by atoms with Gasteiger partial charge in [0.1, 0.15) is 12.2 Å². The number of nitrogens with one attached hydrogen (secondary N) is 2. The van der Waals surface area contributed by atoms with E-state index in [1.165, 1.54) is 12.8 Å². The Morgan fingerprint density at radius 3 is 2.19 bits per heavy atom. The van der Waals surface area contributed by atoms with Crippen LogP contribution in [0.1, 0.15) is 85.0 Å². The fourth-order valence-corrected chi connectivity index (χ4v) is 3.84. The maximum absolute atomic E-state index is 12.3. The fourth-order valence-electron chi connectivity index (χ4n) is 3.84.